The van der Waals surface area contributed by atoms with Crippen molar-refractivity contribution in [3.8, 4) is 17.3 Å². The fraction of sp³-hybridized carbons (Fsp3) is 0.120. The van der Waals surface area contributed by atoms with Crippen molar-refractivity contribution in [2.24, 2.45) is 5.10 Å². The van der Waals surface area contributed by atoms with Gasteiger partial charge in [-0.2, -0.15) is 9.78 Å². The first-order chi connectivity index (χ1) is 18.5. The molecule has 38 heavy (non-hydrogen) atoms. The molecule has 0 radical (unpaired) electrons. The third kappa shape index (κ3) is 4.91. The summed E-state index contributed by atoms with van der Waals surface area (Å²) in [7, 11) is 1.55. The van der Waals surface area contributed by atoms with Crippen LogP contribution in [0.5, 0.6) is 11.5 Å². The number of fused-ring (bicyclic) bond motifs is 1. The van der Waals surface area contributed by atoms with E-state index >= 15 is 0 Å². The molecule has 0 aliphatic carbocycles. The van der Waals surface area contributed by atoms with Gasteiger partial charge in [-0.1, -0.05) is 47.7 Å². The lowest BCUT2D eigenvalue weighted by Crippen LogP contribution is -2.22. The molecule has 192 valence electrons. The zero-order valence-corrected chi connectivity index (χ0v) is 21.8. The topological polar surface area (TPSA) is 156 Å². The SMILES string of the molecule is COc1cc(C=NNC(=O)c2c(C)nnn2-c2nonc2N)cc(Br)c1OCc1cccc2ccccc12. The molecule has 0 atom stereocenters. The highest BCUT2D eigenvalue weighted by Gasteiger charge is 2.22. The number of aryl methyl sites for hydroxylation is 1. The second-order valence-electron chi connectivity index (χ2n) is 8.07. The minimum Gasteiger partial charge on any atom is -0.493 e. The van der Waals surface area contributed by atoms with Crippen LogP contribution in [0.2, 0.25) is 0 Å². The molecule has 1 amide bonds. The Morgan fingerprint density at radius 2 is 2.03 bits per heavy atom. The summed E-state index contributed by atoms with van der Waals surface area (Å²) in [4.78, 5) is 12.8. The number of nitrogens with two attached hydrogens (primary N) is 1. The Morgan fingerprint density at radius 1 is 1.21 bits per heavy atom. The van der Waals surface area contributed by atoms with Crippen LogP contribution in [0.1, 0.15) is 27.3 Å². The monoisotopic (exact) mass is 576 g/mol. The van der Waals surface area contributed by atoms with Crippen molar-refractivity contribution in [2.45, 2.75) is 13.5 Å². The molecule has 12 nitrogen and oxygen atoms in total. The Kier molecular flexibility index (Phi) is 7.00. The normalized spacial score (nSPS) is 11.2. The van der Waals surface area contributed by atoms with E-state index in [1.165, 1.54) is 6.21 Å². The Morgan fingerprint density at radius 3 is 2.82 bits per heavy atom. The number of rotatable bonds is 8. The van der Waals surface area contributed by atoms with Crippen LogP contribution in [0.3, 0.4) is 0 Å². The van der Waals surface area contributed by atoms with Crippen molar-refractivity contribution < 1.29 is 18.9 Å². The number of amides is 1. The number of nitrogens with one attached hydrogen (secondary N) is 1. The lowest BCUT2D eigenvalue weighted by atomic mass is 10.1. The maximum atomic E-state index is 12.8. The molecule has 2 heterocycles. The van der Waals surface area contributed by atoms with Crippen molar-refractivity contribution in [2.75, 3.05) is 12.8 Å². The van der Waals surface area contributed by atoms with Gasteiger partial charge in [0, 0.05) is 0 Å². The third-order valence-corrected chi connectivity index (χ3v) is 6.22. The van der Waals surface area contributed by atoms with Gasteiger partial charge in [0.15, 0.2) is 17.2 Å². The number of hydrogen-bond acceptors (Lipinski definition) is 10. The number of carbonyl (C=O) groups excluding carboxylic acids is 1. The molecule has 13 heteroatoms. The van der Waals surface area contributed by atoms with E-state index in [0.29, 0.717) is 33.8 Å². The second-order valence-corrected chi connectivity index (χ2v) is 8.92. The van der Waals surface area contributed by atoms with Crippen molar-refractivity contribution in [1.29, 1.82) is 0 Å². The minimum atomic E-state index is -0.577. The van der Waals surface area contributed by atoms with Gasteiger partial charge in [0.1, 0.15) is 6.61 Å². The van der Waals surface area contributed by atoms with Gasteiger partial charge in [-0.05, 0) is 67.2 Å². The molecule has 0 bridgehead atoms. The molecule has 0 saturated heterocycles. The Bertz CT molecular complexity index is 1660. The highest BCUT2D eigenvalue weighted by molar-refractivity contribution is 9.10. The lowest BCUT2D eigenvalue weighted by Gasteiger charge is -2.14. The van der Waals surface area contributed by atoms with E-state index in [1.807, 2.05) is 24.3 Å². The standard InChI is InChI=1S/C25H21BrN8O4/c1-14-21(34(33-29-14)24-23(27)31-38-32-24)25(35)30-28-12-15-10-19(26)22(20(11-15)36-2)37-13-17-8-5-7-16-6-3-4-9-18(16)17/h3-12H,13H2,1-2H3,(H2,27,31)(H,30,35). The fourth-order valence-electron chi connectivity index (χ4n) is 3.84. The number of anilines is 1. The summed E-state index contributed by atoms with van der Waals surface area (Å²) in [5, 5.41) is 21.3. The summed E-state index contributed by atoms with van der Waals surface area (Å²) in [5.41, 5.74) is 10.3. The van der Waals surface area contributed by atoms with Crippen LogP contribution in [-0.4, -0.2) is 44.5 Å². The summed E-state index contributed by atoms with van der Waals surface area (Å²) >= 11 is 3.55. The third-order valence-electron chi connectivity index (χ3n) is 5.63. The Hall–Kier alpha value is -4.78. The molecular formula is C25H21BrN8O4. The molecule has 0 spiro atoms. The number of hydrazone groups is 1. The highest BCUT2D eigenvalue weighted by atomic mass is 79.9. The van der Waals surface area contributed by atoms with Gasteiger partial charge in [0.05, 0.1) is 23.5 Å². The van der Waals surface area contributed by atoms with Crippen LogP contribution in [-0.2, 0) is 6.61 Å². The van der Waals surface area contributed by atoms with E-state index in [-0.39, 0.29) is 17.3 Å². The lowest BCUT2D eigenvalue weighted by molar-refractivity contribution is 0.0946. The van der Waals surface area contributed by atoms with E-state index in [0.717, 1.165) is 21.0 Å². The second kappa shape index (κ2) is 10.7. The van der Waals surface area contributed by atoms with Crippen LogP contribution in [0.4, 0.5) is 5.82 Å². The molecule has 0 aliphatic heterocycles. The molecule has 2 aromatic heterocycles. The summed E-state index contributed by atoms with van der Waals surface area (Å²) in [6.45, 7) is 1.97. The number of aromatic nitrogens is 5. The van der Waals surface area contributed by atoms with E-state index in [1.54, 1.807) is 26.2 Å². The molecule has 5 aromatic rings. The number of hydrogen-bond donors (Lipinski definition) is 2. The summed E-state index contributed by atoms with van der Waals surface area (Å²) < 4.78 is 18.1. The van der Waals surface area contributed by atoms with E-state index in [2.05, 4.69) is 69.9 Å². The van der Waals surface area contributed by atoms with Gasteiger partial charge in [0.2, 0.25) is 11.6 Å². The maximum absolute atomic E-state index is 12.8. The number of methoxy groups -OCH3 is 1. The molecule has 0 unspecified atom stereocenters. The van der Waals surface area contributed by atoms with Gasteiger partial charge in [0.25, 0.3) is 5.91 Å². The molecule has 3 N–H and O–H groups in total. The van der Waals surface area contributed by atoms with Gasteiger partial charge in [-0.25, -0.2) is 10.1 Å². The van der Waals surface area contributed by atoms with Crippen molar-refractivity contribution in [1.82, 2.24) is 30.7 Å². The van der Waals surface area contributed by atoms with Crippen LogP contribution in [0.15, 0.2) is 68.8 Å². The molecule has 0 aliphatic rings. The number of benzene rings is 3. The molecular weight excluding hydrogens is 556 g/mol. The van der Waals surface area contributed by atoms with Crippen molar-refractivity contribution >= 4 is 44.6 Å². The Labute approximate surface area is 224 Å². The number of nitrogen functional groups attached to an aromatic ring is 1. The van der Waals surface area contributed by atoms with E-state index in [4.69, 9.17) is 15.2 Å². The first-order valence-electron chi connectivity index (χ1n) is 11.3. The smallest absolute Gasteiger partial charge is 0.292 e. The van der Waals surface area contributed by atoms with Gasteiger partial charge in [-0.3, -0.25) is 4.79 Å². The van der Waals surface area contributed by atoms with E-state index in [9.17, 15) is 4.79 Å². The average molecular weight is 577 g/mol. The average Bonchev–Trinajstić information content (AvgIpc) is 3.52. The van der Waals surface area contributed by atoms with Crippen molar-refractivity contribution in [3.63, 3.8) is 0 Å². The van der Waals surface area contributed by atoms with Gasteiger partial charge >= 0.3 is 0 Å². The molecule has 0 saturated carbocycles. The van der Waals surface area contributed by atoms with Crippen LogP contribution in [0.25, 0.3) is 16.6 Å². The zero-order chi connectivity index (χ0) is 26.6. The summed E-state index contributed by atoms with van der Waals surface area (Å²) in [6, 6.07) is 17.8. The maximum Gasteiger partial charge on any atom is 0.292 e. The number of nitrogens with zero attached hydrogens (tertiary/aromatic N) is 6. The van der Waals surface area contributed by atoms with Crippen LogP contribution >= 0.6 is 15.9 Å². The number of carbonyl (C=O) groups is 1. The zero-order valence-electron chi connectivity index (χ0n) is 20.3. The van der Waals surface area contributed by atoms with Gasteiger partial charge in [-0.15, -0.1) is 5.10 Å². The minimum absolute atomic E-state index is 0.0350. The highest BCUT2D eigenvalue weighted by Crippen LogP contribution is 2.37. The summed E-state index contributed by atoms with van der Waals surface area (Å²) in [5.74, 6) is 0.484. The quantitative estimate of drug-likeness (QED) is 0.207. The predicted octanol–water partition coefficient (Wildman–Crippen LogP) is 3.81. The molecule has 0 fully saturated rings. The number of halogens is 1. The number of ether oxygens (including phenoxy) is 2. The largest absolute Gasteiger partial charge is 0.493 e. The predicted molar refractivity (Wildman–Crippen MR) is 142 cm³/mol. The molecule has 3 aromatic carbocycles. The molecule has 5 rings (SSSR count). The van der Waals surface area contributed by atoms with Crippen molar-refractivity contribution in [3.05, 3.63) is 81.6 Å². The fourth-order valence-corrected chi connectivity index (χ4v) is 4.42. The van der Waals surface area contributed by atoms with Gasteiger partial charge < -0.3 is 15.2 Å². The summed E-state index contributed by atoms with van der Waals surface area (Å²) in [6.07, 6.45) is 1.47. The Balaban J connectivity index is 1.31. The first-order valence-corrected chi connectivity index (χ1v) is 12.1. The van der Waals surface area contributed by atoms with E-state index < -0.39 is 5.91 Å². The van der Waals surface area contributed by atoms with Crippen LogP contribution < -0.4 is 20.6 Å². The van der Waals surface area contributed by atoms with Crippen LogP contribution in [0, 0.1) is 6.92 Å². The first kappa shape index (κ1) is 24.9.